The van der Waals surface area contributed by atoms with Gasteiger partial charge in [-0.3, -0.25) is 14.4 Å². The first-order valence-electron chi connectivity index (χ1n) is 7.72. The number of nitrogens with one attached hydrogen (secondary N) is 3. The molecule has 1 aromatic rings. The lowest BCUT2D eigenvalue weighted by Gasteiger charge is -2.34. The van der Waals surface area contributed by atoms with Crippen molar-refractivity contribution in [1.82, 2.24) is 15.6 Å². The fourth-order valence-electron chi connectivity index (χ4n) is 2.01. The molecular weight excluding hydrogens is 414 g/mol. The van der Waals surface area contributed by atoms with Gasteiger partial charge < -0.3 is 25.5 Å². The number of alkyl halides is 1. The molecule has 150 valence electrons. The van der Waals surface area contributed by atoms with Crippen molar-refractivity contribution in [3.05, 3.63) is 23.7 Å². The number of esters is 1. The number of anilines is 1. The number of methoxy groups -OCH3 is 1. The number of hydrogen-bond donors (Lipinski definition) is 3. The third kappa shape index (κ3) is 5.04. The lowest BCUT2D eigenvalue weighted by atomic mass is 9.99. The van der Waals surface area contributed by atoms with Crippen LogP contribution in [0.4, 0.5) is 5.13 Å². The number of rotatable bonds is 9. The second kappa shape index (κ2) is 9.80. The van der Waals surface area contributed by atoms with E-state index < -0.39 is 35.8 Å². The van der Waals surface area contributed by atoms with Crippen molar-refractivity contribution in [3.8, 4) is 0 Å². The molecule has 28 heavy (non-hydrogen) atoms. The first-order valence-corrected chi connectivity index (χ1v) is 9.14. The van der Waals surface area contributed by atoms with Gasteiger partial charge in [-0.15, -0.1) is 22.9 Å². The molecule has 0 unspecified atom stereocenters. The van der Waals surface area contributed by atoms with Gasteiger partial charge in [0.2, 0.25) is 11.8 Å². The molecule has 0 bridgehead atoms. The van der Waals surface area contributed by atoms with Crippen molar-refractivity contribution in [1.29, 1.82) is 0 Å². The lowest BCUT2D eigenvalue weighted by Crippen LogP contribution is -2.72. The molecule has 11 nitrogen and oxygen atoms in total. The van der Waals surface area contributed by atoms with Gasteiger partial charge in [-0.1, -0.05) is 17.8 Å². The monoisotopic (exact) mass is 429 g/mol. The Hall–Kier alpha value is -2.99. The van der Waals surface area contributed by atoms with E-state index in [0.29, 0.717) is 0 Å². The topological polar surface area (TPSA) is 148 Å². The zero-order chi connectivity index (χ0) is 20.7. The van der Waals surface area contributed by atoms with E-state index in [-0.39, 0.29) is 29.0 Å². The van der Waals surface area contributed by atoms with E-state index in [1.807, 2.05) is 0 Å². The molecule has 0 aliphatic carbocycles. The minimum atomic E-state index is -1.13. The maximum atomic E-state index is 12.6. The Morgan fingerprint density at radius 3 is 2.86 bits per heavy atom. The molecule has 0 spiro atoms. The number of oxime groups is 1. The van der Waals surface area contributed by atoms with Gasteiger partial charge in [0.25, 0.3) is 5.91 Å². The smallest absolute Gasteiger partial charge is 0.331 e. The van der Waals surface area contributed by atoms with E-state index in [1.54, 1.807) is 0 Å². The Morgan fingerprint density at radius 1 is 1.50 bits per heavy atom. The zero-order valence-electron chi connectivity index (χ0n) is 14.6. The Labute approximate surface area is 168 Å². The molecule has 1 aliphatic heterocycles. The van der Waals surface area contributed by atoms with Gasteiger partial charge >= 0.3 is 5.97 Å². The number of β-lactam (4-membered cyclic amide) rings is 1. The number of amides is 3. The number of carbonyl (C=O) groups excluding carboxylic acids is 4. The van der Waals surface area contributed by atoms with E-state index in [1.165, 1.54) is 11.5 Å². The quantitative estimate of drug-likeness (QED) is 0.0901. The minimum absolute atomic E-state index is 0.0193. The molecular formula is C15H16ClN5O6S. The number of nitrogens with zero attached hydrogens (tertiary/aromatic N) is 2. The van der Waals surface area contributed by atoms with Gasteiger partial charge in [0.05, 0.1) is 7.11 Å². The third-order valence-electron chi connectivity index (χ3n) is 3.33. The molecule has 1 fully saturated rings. The van der Waals surface area contributed by atoms with Crippen molar-refractivity contribution in [2.45, 2.75) is 12.1 Å². The predicted octanol–water partition coefficient (Wildman–Crippen LogP) is -0.617. The molecule has 2 heterocycles. The van der Waals surface area contributed by atoms with E-state index in [2.05, 4.69) is 37.4 Å². The van der Waals surface area contributed by atoms with Gasteiger partial charge in [-0.25, -0.2) is 9.78 Å². The van der Waals surface area contributed by atoms with E-state index in [0.717, 1.165) is 18.4 Å². The summed E-state index contributed by atoms with van der Waals surface area (Å²) in [6.45, 7) is 3.49. The molecule has 0 aromatic carbocycles. The number of aromatic nitrogens is 1. The Balaban J connectivity index is 2.18. The third-order valence-corrected chi connectivity index (χ3v) is 4.33. The average molecular weight is 430 g/mol. The number of ether oxygens (including phenoxy) is 1. The molecule has 1 saturated heterocycles. The summed E-state index contributed by atoms with van der Waals surface area (Å²) < 4.78 is 4.56. The Bertz CT molecular complexity index is 826. The molecule has 3 amide bonds. The van der Waals surface area contributed by atoms with Crippen LogP contribution in [-0.4, -0.2) is 66.1 Å². The normalized spacial score (nSPS) is 18.4. The SMILES string of the molecule is C=CCON=C(C(=O)N[C@@H]1C(=O)N[C@@H]1C(=O)OC)c1csc(NC(=O)CCl)n1. The van der Waals surface area contributed by atoms with Gasteiger partial charge in [-0.2, -0.15) is 0 Å². The molecule has 0 saturated carbocycles. The summed E-state index contributed by atoms with van der Waals surface area (Å²) in [6, 6.07) is -2.13. The molecule has 3 N–H and O–H groups in total. The summed E-state index contributed by atoms with van der Waals surface area (Å²) in [7, 11) is 1.16. The van der Waals surface area contributed by atoms with Gasteiger partial charge in [-0.05, 0) is 0 Å². The number of halogens is 1. The lowest BCUT2D eigenvalue weighted by molar-refractivity contribution is -0.153. The van der Waals surface area contributed by atoms with Crippen molar-refractivity contribution in [2.24, 2.45) is 5.16 Å². The van der Waals surface area contributed by atoms with Gasteiger partial charge in [0.15, 0.2) is 16.9 Å². The van der Waals surface area contributed by atoms with E-state index >= 15 is 0 Å². The van der Waals surface area contributed by atoms with Crippen LogP contribution >= 0.6 is 22.9 Å². The second-order valence-electron chi connectivity index (χ2n) is 5.20. The van der Waals surface area contributed by atoms with Crippen LogP contribution in [-0.2, 0) is 28.8 Å². The summed E-state index contributed by atoms with van der Waals surface area (Å²) in [5.74, 6) is -2.79. The Morgan fingerprint density at radius 2 is 2.25 bits per heavy atom. The minimum Gasteiger partial charge on any atom is -0.467 e. The largest absolute Gasteiger partial charge is 0.467 e. The van der Waals surface area contributed by atoms with Gasteiger partial charge in [0.1, 0.15) is 24.2 Å². The molecule has 0 radical (unpaired) electrons. The zero-order valence-corrected chi connectivity index (χ0v) is 16.1. The van der Waals surface area contributed by atoms with Crippen molar-refractivity contribution in [3.63, 3.8) is 0 Å². The summed E-state index contributed by atoms with van der Waals surface area (Å²) in [6.07, 6.45) is 1.42. The summed E-state index contributed by atoms with van der Waals surface area (Å²) in [5.41, 5.74) is -0.168. The first kappa shape index (κ1) is 21.3. The first-order chi connectivity index (χ1) is 13.4. The van der Waals surface area contributed by atoms with Crippen LogP contribution in [0.5, 0.6) is 0 Å². The van der Waals surface area contributed by atoms with E-state index in [4.69, 9.17) is 16.4 Å². The maximum Gasteiger partial charge on any atom is 0.331 e. The highest BCUT2D eigenvalue weighted by molar-refractivity contribution is 7.14. The van der Waals surface area contributed by atoms with Crippen molar-refractivity contribution in [2.75, 3.05) is 24.9 Å². The van der Waals surface area contributed by atoms with Crippen LogP contribution in [0.2, 0.25) is 0 Å². The summed E-state index contributed by atoms with van der Waals surface area (Å²) in [5, 5.41) is 12.5. The molecule has 2 rings (SSSR count). The fourth-order valence-corrected chi connectivity index (χ4v) is 2.79. The van der Waals surface area contributed by atoms with Crippen LogP contribution in [0.3, 0.4) is 0 Å². The molecule has 2 atom stereocenters. The predicted molar refractivity (Wildman–Crippen MR) is 100 cm³/mol. The van der Waals surface area contributed by atoms with Crippen LogP contribution in [0, 0.1) is 0 Å². The van der Waals surface area contributed by atoms with Crippen molar-refractivity contribution >= 4 is 57.5 Å². The second-order valence-corrected chi connectivity index (χ2v) is 6.33. The number of thiazole rings is 1. The van der Waals surface area contributed by atoms with Crippen LogP contribution < -0.4 is 16.0 Å². The number of carbonyl (C=O) groups is 4. The summed E-state index contributed by atoms with van der Waals surface area (Å²) >= 11 is 6.46. The standard InChI is InChI=1S/C15H16ClN5O6S/c1-3-4-27-21-9(7-6-28-15(17-7)18-8(22)5-16)12(23)19-10-11(14(25)26-2)20-13(10)24/h3,6,10-11H,1,4-5H2,2H3,(H,19,23)(H,20,24)(H,17,18,22)/t10-,11-/m0/s1. The molecule has 1 aromatic heterocycles. The molecule has 1 aliphatic rings. The van der Waals surface area contributed by atoms with Crippen LogP contribution in [0.1, 0.15) is 5.69 Å². The van der Waals surface area contributed by atoms with Crippen LogP contribution in [0.15, 0.2) is 23.2 Å². The average Bonchev–Trinajstić information content (AvgIpc) is 3.14. The van der Waals surface area contributed by atoms with E-state index in [9.17, 15) is 19.2 Å². The highest BCUT2D eigenvalue weighted by Gasteiger charge is 2.46. The van der Waals surface area contributed by atoms with Crippen LogP contribution in [0.25, 0.3) is 0 Å². The molecule has 13 heteroatoms. The maximum absolute atomic E-state index is 12.6. The Kier molecular flexibility index (Phi) is 7.46. The fraction of sp³-hybridized carbons (Fsp3) is 0.333. The summed E-state index contributed by atoms with van der Waals surface area (Å²) in [4.78, 5) is 56.3. The number of hydrogen-bond acceptors (Lipinski definition) is 9. The van der Waals surface area contributed by atoms with Gasteiger partial charge in [0, 0.05) is 5.38 Å². The highest BCUT2D eigenvalue weighted by atomic mass is 35.5. The highest BCUT2D eigenvalue weighted by Crippen LogP contribution is 2.17. The van der Waals surface area contributed by atoms with Crippen molar-refractivity contribution < 1.29 is 28.8 Å².